The van der Waals surface area contributed by atoms with Crippen molar-refractivity contribution in [2.75, 3.05) is 0 Å². The van der Waals surface area contributed by atoms with Crippen LogP contribution in [0.2, 0.25) is 5.02 Å². The first-order valence-electron chi connectivity index (χ1n) is 5.63. The van der Waals surface area contributed by atoms with E-state index in [1.54, 1.807) is 6.92 Å². The molecule has 102 valence electrons. The summed E-state index contributed by atoms with van der Waals surface area (Å²) in [4.78, 5) is 13.3. The Morgan fingerprint density at radius 2 is 2.00 bits per heavy atom. The Kier molecular flexibility index (Phi) is 4.95. The van der Waals surface area contributed by atoms with Gasteiger partial charge in [0.2, 0.25) is 10.0 Å². The number of pyridine rings is 1. The lowest BCUT2D eigenvalue weighted by Gasteiger charge is -2.16. The molecule has 0 radical (unpaired) electrons. The van der Waals surface area contributed by atoms with Gasteiger partial charge >= 0.3 is 0 Å². The molecular weight excluding hydrogens is 276 g/mol. The smallest absolute Gasteiger partial charge is 0.266 e. The topological polar surface area (TPSA) is 79.0 Å². The Bertz CT molecular complexity index is 566. The number of aromatic nitrogens is 1. The molecule has 18 heavy (non-hydrogen) atoms. The van der Waals surface area contributed by atoms with Gasteiger partial charge in [0.1, 0.15) is 5.02 Å². The summed E-state index contributed by atoms with van der Waals surface area (Å²) in [6.45, 7) is 5.83. The molecule has 5 nitrogen and oxygen atoms in total. The van der Waals surface area contributed by atoms with E-state index in [1.807, 2.05) is 13.8 Å². The van der Waals surface area contributed by atoms with Crippen LogP contribution in [0.15, 0.2) is 22.0 Å². The van der Waals surface area contributed by atoms with E-state index in [9.17, 15) is 13.2 Å². The standard InChI is InChI=1S/C11H17ClN2O3S/c1-7(2)4-8(3)14-18(16,17)9-5-10(12)11(15)13-6-9/h5-8,14H,4H2,1-3H3,(H,13,15). The average molecular weight is 293 g/mol. The van der Waals surface area contributed by atoms with Gasteiger partial charge in [-0.05, 0) is 25.3 Å². The predicted octanol–water partition coefficient (Wildman–Crippen LogP) is 1.74. The van der Waals surface area contributed by atoms with Gasteiger partial charge in [-0.15, -0.1) is 0 Å². The zero-order valence-electron chi connectivity index (χ0n) is 10.5. The lowest BCUT2D eigenvalue weighted by Crippen LogP contribution is -2.33. The van der Waals surface area contributed by atoms with Crippen molar-refractivity contribution in [2.45, 2.75) is 38.1 Å². The van der Waals surface area contributed by atoms with Crippen molar-refractivity contribution in [1.82, 2.24) is 9.71 Å². The first-order chi connectivity index (χ1) is 8.22. The van der Waals surface area contributed by atoms with Gasteiger partial charge in [-0.3, -0.25) is 4.79 Å². The number of H-pyrrole nitrogens is 1. The molecule has 0 spiro atoms. The fourth-order valence-electron chi connectivity index (χ4n) is 1.68. The molecule has 0 saturated carbocycles. The highest BCUT2D eigenvalue weighted by Crippen LogP contribution is 2.12. The lowest BCUT2D eigenvalue weighted by molar-refractivity contribution is 0.482. The molecule has 0 aliphatic carbocycles. The second-order valence-electron chi connectivity index (χ2n) is 4.66. The molecule has 1 unspecified atom stereocenters. The summed E-state index contributed by atoms with van der Waals surface area (Å²) < 4.78 is 26.5. The minimum atomic E-state index is -3.65. The van der Waals surface area contributed by atoms with Crippen molar-refractivity contribution in [2.24, 2.45) is 5.92 Å². The van der Waals surface area contributed by atoms with Crippen molar-refractivity contribution in [3.05, 3.63) is 27.6 Å². The third-order valence-corrected chi connectivity index (χ3v) is 4.17. The highest BCUT2D eigenvalue weighted by molar-refractivity contribution is 7.89. The number of aromatic amines is 1. The van der Waals surface area contributed by atoms with Crippen LogP contribution in [0.1, 0.15) is 27.2 Å². The van der Waals surface area contributed by atoms with Crippen molar-refractivity contribution in [3.8, 4) is 0 Å². The van der Waals surface area contributed by atoms with E-state index in [0.29, 0.717) is 5.92 Å². The number of rotatable bonds is 5. The second-order valence-corrected chi connectivity index (χ2v) is 6.79. The van der Waals surface area contributed by atoms with E-state index in [4.69, 9.17) is 11.6 Å². The first kappa shape index (κ1) is 15.2. The fourth-order valence-corrected chi connectivity index (χ4v) is 3.17. The van der Waals surface area contributed by atoms with Gasteiger partial charge < -0.3 is 4.98 Å². The number of nitrogens with one attached hydrogen (secondary N) is 2. The van der Waals surface area contributed by atoms with Crippen molar-refractivity contribution in [3.63, 3.8) is 0 Å². The normalized spacial score (nSPS) is 13.8. The maximum atomic E-state index is 12.0. The maximum absolute atomic E-state index is 12.0. The molecule has 0 aliphatic heterocycles. The van der Waals surface area contributed by atoms with Gasteiger partial charge in [0.05, 0.1) is 4.90 Å². The number of sulfonamides is 1. The molecule has 0 aromatic carbocycles. The van der Waals surface area contributed by atoms with Gasteiger partial charge in [0, 0.05) is 12.2 Å². The van der Waals surface area contributed by atoms with Crippen LogP contribution in [0.5, 0.6) is 0 Å². The molecule has 1 rings (SSSR count). The van der Waals surface area contributed by atoms with E-state index in [0.717, 1.165) is 18.7 Å². The van der Waals surface area contributed by atoms with Crippen LogP contribution >= 0.6 is 11.6 Å². The van der Waals surface area contributed by atoms with Crippen molar-refractivity contribution >= 4 is 21.6 Å². The van der Waals surface area contributed by atoms with Gasteiger partial charge in [-0.2, -0.15) is 0 Å². The zero-order chi connectivity index (χ0) is 13.9. The van der Waals surface area contributed by atoms with Crippen LogP contribution in [0.4, 0.5) is 0 Å². The zero-order valence-corrected chi connectivity index (χ0v) is 12.1. The van der Waals surface area contributed by atoms with Crippen LogP contribution in [-0.2, 0) is 10.0 Å². The monoisotopic (exact) mass is 292 g/mol. The van der Waals surface area contributed by atoms with Crippen LogP contribution < -0.4 is 10.3 Å². The molecule has 1 aromatic heterocycles. The summed E-state index contributed by atoms with van der Waals surface area (Å²) >= 11 is 5.60. The van der Waals surface area contributed by atoms with Gasteiger partial charge in [0.25, 0.3) is 5.56 Å². The summed E-state index contributed by atoms with van der Waals surface area (Å²) in [5.41, 5.74) is -0.508. The summed E-state index contributed by atoms with van der Waals surface area (Å²) in [5, 5.41) is -0.144. The van der Waals surface area contributed by atoms with E-state index in [2.05, 4.69) is 9.71 Å². The van der Waals surface area contributed by atoms with Crippen molar-refractivity contribution in [1.29, 1.82) is 0 Å². The van der Waals surface area contributed by atoms with Crippen LogP contribution in [0.3, 0.4) is 0 Å². The Balaban J connectivity index is 2.93. The predicted molar refractivity (Wildman–Crippen MR) is 71.3 cm³/mol. The molecular formula is C11H17ClN2O3S. The maximum Gasteiger partial charge on any atom is 0.266 e. The highest BCUT2D eigenvalue weighted by Gasteiger charge is 2.19. The molecule has 1 heterocycles. The largest absolute Gasteiger partial charge is 0.326 e. The van der Waals surface area contributed by atoms with Gasteiger partial charge in [-0.25, -0.2) is 13.1 Å². The minimum Gasteiger partial charge on any atom is -0.326 e. The minimum absolute atomic E-state index is 0.0392. The van der Waals surface area contributed by atoms with Crippen molar-refractivity contribution < 1.29 is 8.42 Å². The Morgan fingerprint density at radius 1 is 1.39 bits per heavy atom. The number of hydrogen-bond acceptors (Lipinski definition) is 3. The average Bonchev–Trinajstić information content (AvgIpc) is 2.19. The Morgan fingerprint density at radius 3 is 2.50 bits per heavy atom. The van der Waals surface area contributed by atoms with E-state index in [1.165, 1.54) is 0 Å². The molecule has 7 heteroatoms. The molecule has 1 aromatic rings. The summed E-state index contributed by atoms with van der Waals surface area (Å²) in [6, 6.07) is 0.964. The van der Waals surface area contributed by atoms with E-state index in [-0.39, 0.29) is 16.0 Å². The number of halogens is 1. The quantitative estimate of drug-likeness (QED) is 0.867. The molecule has 1 atom stereocenters. The molecule has 2 N–H and O–H groups in total. The third kappa shape index (κ3) is 4.12. The SMILES string of the molecule is CC(C)CC(C)NS(=O)(=O)c1c[nH]c(=O)c(Cl)c1. The molecule has 0 fully saturated rings. The van der Waals surface area contributed by atoms with Gasteiger partial charge in [-0.1, -0.05) is 25.4 Å². The Labute approximate surface area is 112 Å². The number of hydrogen-bond donors (Lipinski definition) is 2. The summed E-state index contributed by atoms with van der Waals surface area (Å²) in [7, 11) is -3.65. The molecule has 0 bridgehead atoms. The first-order valence-corrected chi connectivity index (χ1v) is 7.49. The fraction of sp³-hybridized carbons (Fsp3) is 0.545. The van der Waals surface area contributed by atoms with E-state index < -0.39 is 15.6 Å². The summed E-state index contributed by atoms with van der Waals surface area (Å²) in [6.07, 6.45) is 1.87. The molecule has 0 amide bonds. The van der Waals surface area contributed by atoms with Crippen LogP contribution in [0, 0.1) is 5.92 Å². The third-order valence-electron chi connectivity index (χ3n) is 2.32. The molecule has 0 saturated heterocycles. The highest BCUT2D eigenvalue weighted by atomic mass is 35.5. The Hall–Kier alpha value is -0.850. The van der Waals surface area contributed by atoms with Gasteiger partial charge in [0.15, 0.2) is 0 Å². The summed E-state index contributed by atoms with van der Waals surface area (Å²) in [5.74, 6) is 0.391. The van der Waals surface area contributed by atoms with Crippen LogP contribution in [0.25, 0.3) is 0 Å². The lowest BCUT2D eigenvalue weighted by atomic mass is 10.1. The second kappa shape index (κ2) is 5.86. The van der Waals surface area contributed by atoms with Crippen LogP contribution in [-0.4, -0.2) is 19.4 Å². The molecule has 0 aliphatic rings. The van der Waals surface area contributed by atoms with E-state index >= 15 is 0 Å².